The Bertz CT molecular complexity index is 798. The fourth-order valence-electron chi connectivity index (χ4n) is 3.79. The van der Waals surface area contributed by atoms with Crippen LogP contribution in [0, 0.1) is 6.57 Å². The van der Waals surface area contributed by atoms with Gasteiger partial charge in [0.2, 0.25) is 0 Å². The van der Waals surface area contributed by atoms with E-state index in [1.54, 1.807) is 0 Å². The molecular formula is C18H16ClN2O+. The van der Waals surface area contributed by atoms with Gasteiger partial charge in [-0.15, -0.1) is 0 Å². The predicted octanol–water partition coefficient (Wildman–Crippen LogP) is 4.33. The van der Waals surface area contributed by atoms with Crippen LogP contribution in [0.15, 0.2) is 42.5 Å². The van der Waals surface area contributed by atoms with Crippen molar-refractivity contribution in [2.24, 2.45) is 0 Å². The summed E-state index contributed by atoms with van der Waals surface area (Å²) in [6, 6.07) is 13.8. The van der Waals surface area contributed by atoms with E-state index in [9.17, 15) is 0 Å². The van der Waals surface area contributed by atoms with Gasteiger partial charge in [-0.1, -0.05) is 34.6 Å². The molecule has 22 heavy (non-hydrogen) atoms. The first-order valence-corrected chi connectivity index (χ1v) is 7.69. The van der Waals surface area contributed by atoms with Crippen molar-refractivity contribution < 1.29 is 4.74 Å². The molecule has 1 fully saturated rings. The molecule has 3 nitrogen and oxygen atoms in total. The molecule has 0 radical (unpaired) electrons. The lowest BCUT2D eigenvalue weighted by Crippen LogP contribution is -2.30. The lowest BCUT2D eigenvalue weighted by atomic mass is 9.77. The van der Waals surface area contributed by atoms with Gasteiger partial charge in [-0.3, -0.25) is 4.90 Å². The number of rotatable bonds is 0. The number of benzene rings is 2. The van der Waals surface area contributed by atoms with Crippen molar-refractivity contribution in [1.82, 2.24) is 4.90 Å². The smallest absolute Gasteiger partial charge is 0.329 e. The molecule has 0 spiro atoms. The molecule has 4 heteroatoms. The molecule has 1 saturated heterocycles. The lowest BCUT2D eigenvalue weighted by Gasteiger charge is -2.18. The molecule has 0 N–H and O–H groups in total. The molecule has 0 amide bonds. The van der Waals surface area contributed by atoms with E-state index in [-0.39, 0.29) is 5.92 Å². The minimum atomic E-state index is -0.526. The van der Waals surface area contributed by atoms with Crippen LogP contribution < -0.4 is 4.74 Å². The second-order valence-electron chi connectivity index (χ2n) is 6.08. The Morgan fingerprint density at radius 3 is 2.91 bits per heavy atom. The van der Waals surface area contributed by atoms with Crippen LogP contribution in [0.5, 0.6) is 11.5 Å². The molecule has 2 aliphatic heterocycles. The van der Waals surface area contributed by atoms with Gasteiger partial charge in [0, 0.05) is 17.1 Å². The van der Waals surface area contributed by atoms with E-state index in [2.05, 4.69) is 22.9 Å². The van der Waals surface area contributed by atoms with Crippen molar-refractivity contribution in [3.8, 4) is 18.1 Å². The molecule has 0 saturated carbocycles. The van der Waals surface area contributed by atoms with Gasteiger partial charge >= 0.3 is 5.54 Å². The maximum atomic E-state index is 6.24. The molecular weight excluding hydrogens is 296 g/mol. The summed E-state index contributed by atoms with van der Waals surface area (Å²) in [5.41, 5.74) is 1.59. The van der Waals surface area contributed by atoms with Gasteiger partial charge in [0.15, 0.2) is 0 Å². The second-order valence-corrected chi connectivity index (χ2v) is 6.52. The van der Waals surface area contributed by atoms with Crippen LogP contribution in [0.3, 0.4) is 0 Å². The van der Waals surface area contributed by atoms with E-state index in [0.717, 1.165) is 35.7 Å². The first kappa shape index (κ1) is 13.6. The normalized spacial score (nSPS) is 26.1. The molecule has 2 aliphatic rings. The monoisotopic (exact) mass is 311 g/mol. The van der Waals surface area contributed by atoms with Crippen LogP contribution >= 0.6 is 11.6 Å². The third kappa shape index (κ3) is 1.78. The Kier molecular flexibility index (Phi) is 2.94. The van der Waals surface area contributed by atoms with Crippen LogP contribution in [0.25, 0.3) is 4.85 Å². The number of hydrogen-bond acceptors (Lipinski definition) is 2. The highest BCUT2D eigenvalue weighted by molar-refractivity contribution is 6.30. The highest BCUT2D eigenvalue weighted by Gasteiger charge is 2.60. The molecule has 0 aromatic heterocycles. The number of hydrogen-bond donors (Lipinski definition) is 0. The minimum absolute atomic E-state index is 0.151. The largest absolute Gasteiger partial charge is 0.456 e. The topological polar surface area (TPSA) is 16.8 Å². The first-order valence-electron chi connectivity index (χ1n) is 7.31. The summed E-state index contributed by atoms with van der Waals surface area (Å²) in [6.07, 6.45) is 0. The molecule has 2 aromatic carbocycles. The number of para-hydroxylation sites is 1. The van der Waals surface area contributed by atoms with Crippen molar-refractivity contribution in [2.75, 3.05) is 20.1 Å². The summed E-state index contributed by atoms with van der Waals surface area (Å²) in [4.78, 5) is 6.61. The van der Waals surface area contributed by atoms with Gasteiger partial charge < -0.3 is 4.74 Å². The Labute approximate surface area is 134 Å². The minimum Gasteiger partial charge on any atom is -0.456 e. The van der Waals surface area contributed by atoms with Crippen molar-refractivity contribution in [3.05, 3.63) is 63.5 Å². The van der Waals surface area contributed by atoms with Crippen LogP contribution in [-0.4, -0.2) is 25.0 Å². The van der Waals surface area contributed by atoms with Gasteiger partial charge in [0.25, 0.3) is 6.57 Å². The zero-order chi connectivity index (χ0) is 15.3. The maximum absolute atomic E-state index is 6.24. The van der Waals surface area contributed by atoms with Gasteiger partial charge in [-0.25, -0.2) is 0 Å². The third-order valence-corrected chi connectivity index (χ3v) is 4.97. The van der Waals surface area contributed by atoms with Crippen LogP contribution in [0.1, 0.15) is 17.0 Å². The number of likely N-dealkylation sites (N-methyl/N-ethyl adjacent to an activating group) is 1. The maximum Gasteiger partial charge on any atom is 0.329 e. The number of nitrogens with zero attached hydrogens (tertiary/aromatic N) is 2. The molecule has 2 atom stereocenters. The number of ether oxygens (including phenoxy) is 1. The summed E-state index contributed by atoms with van der Waals surface area (Å²) in [5, 5.41) is 0.671. The van der Waals surface area contributed by atoms with E-state index in [4.69, 9.17) is 22.9 Å². The van der Waals surface area contributed by atoms with Gasteiger partial charge in [-0.2, -0.15) is 0 Å². The molecule has 0 aliphatic carbocycles. The molecule has 2 unspecified atom stereocenters. The Morgan fingerprint density at radius 1 is 1.27 bits per heavy atom. The zero-order valence-corrected chi connectivity index (χ0v) is 13.0. The standard InChI is InChI=1S/C18H16ClN2O/c1-20-18-11-21(2)10-15(18)13-5-3-4-6-16(13)22-17-8-7-12(19)9-14(17)18/h1,3-9,15H,10-11H2,2H3/q+1. The van der Waals surface area contributed by atoms with E-state index >= 15 is 0 Å². The summed E-state index contributed by atoms with van der Waals surface area (Å²) in [5.74, 6) is 1.80. The fraction of sp³-hybridized carbons (Fsp3) is 0.278. The Hall–Kier alpha value is -2.02. The third-order valence-electron chi connectivity index (χ3n) is 4.73. The SMILES string of the molecule is C#[N+]C12CN(C)CC1c1ccccc1Oc1ccc(Cl)cc12. The van der Waals surface area contributed by atoms with Crippen molar-refractivity contribution in [1.29, 1.82) is 0 Å². The van der Waals surface area contributed by atoms with Crippen molar-refractivity contribution in [3.63, 3.8) is 0 Å². The Balaban J connectivity index is 2.05. The zero-order valence-electron chi connectivity index (χ0n) is 12.3. The lowest BCUT2D eigenvalue weighted by molar-refractivity contribution is 0.388. The number of likely N-dealkylation sites (tertiary alicyclic amines) is 1. The summed E-state index contributed by atoms with van der Waals surface area (Å²) in [7, 11) is 2.09. The average Bonchev–Trinajstić information content (AvgIpc) is 2.82. The van der Waals surface area contributed by atoms with Crippen molar-refractivity contribution >= 4 is 11.6 Å². The summed E-state index contributed by atoms with van der Waals surface area (Å²) >= 11 is 6.24. The average molecular weight is 312 g/mol. The van der Waals surface area contributed by atoms with Crippen LogP contribution in [-0.2, 0) is 5.54 Å². The first-order chi connectivity index (χ1) is 10.6. The van der Waals surface area contributed by atoms with E-state index in [1.165, 1.54) is 0 Å². The van der Waals surface area contributed by atoms with E-state index in [1.807, 2.05) is 36.4 Å². The van der Waals surface area contributed by atoms with Gasteiger partial charge in [-0.05, 0) is 31.3 Å². The number of fused-ring (bicyclic) bond motifs is 5. The Morgan fingerprint density at radius 2 is 2.09 bits per heavy atom. The molecule has 2 aromatic rings. The van der Waals surface area contributed by atoms with Gasteiger partial charge in [0.1, 0.15) is 11.5 Å². The van der Waals surface area contributed by atoms with Gasteiger partial charge in [0.05, 0.1) is 18.0 Å². The molecule has 2 heterocycles. The molecule has 0 bridgehead atoms. The summed E-state index contributed by atoms with van der Waals surface area (Å²) < 4.78 is 6.16. The summed E-state index contributed by atoms with van der Waals surface area (Å²) in [6.45, 7) is 7.56. The highest BCUT2D eigenvalue weighted by atomic mass is 35.5. The fourth-order valence-corrected chi connectivity index (χ4v) is 3.96. The quantitative estimate of drug-likeness (QED) is 0.720. The van der Waals surface area contributed by atoms with Crippen LogP contribution in [0.2, 0.25) is 5.02 Å². The molecule has 110 valence electrons. The van der Waals surface area contributed by atoms with E-state index in [0.29, 0.717) is 5.02 Å². The van der Waals surface area contributed by atoms with Crippen molar-refractivity contribution in [2.45, 2.75) is 11.5 Å². The predicted molar refractivity (Wildman–Crippen MR) is 88.2 cm³/mol. The highest BCUT2D eigenvalue weighted by Crippen LogP contribution is 2.54. The second kappa shape index (κ2) is 4.74. The van der Waals surface area contributed by atoms with E-state index < -0.39 is 5.54 Å². The number of halogens is 1. The molecule has 4 rings (SSSR count). The van der Waals surface area contributed by atoms with Crippen LogP contribution in [0.4, 0.5) is 0 Å².